The quantitative estimate of drug-likeness (QED) is 0.864. The highest BCUT2D eigenvalue weighted by molar-refractivity contribution is 5.22. The summed E-state index contributed by atoms with van der Waals surface area (Å²) in [6, 6.07) is 12.2. The van der Waals surface area contributed by atoms with Crippen molar-refractivity contribution in [3.05, 3.63) is 65.7 Å². The van der Waals surface area contributed by atoms with Gasteiger partial charge in [0.05, 0.1) is 0 Å². The Hall–Kier alpha value is -1.78. The second-order valence-electron chi connectivity index (χ2n) is 7.45. The second-order valence-corrected chi connectivity index (χ2v) is 7.45. The molecule has 1 N–H and O–H groups in total. The molecule has 0 amide bonds. The number of nitrogens with one attached hydrogen (secondary N) is 1. The van der Waals surface area contributed by atoms with Gasteiger partial charge in [-0.1, -0.05) is 18.2 Å². The van der Waals surface area contributed by atoms with E-state index in [1.54, 1.807) is 12.1 Å². The van der Waals surface area contributed by atoms with E-state index in [2.05, 4.69) is 21.3 Å². The summed E-state index contributed by atoms with van der Waals surface area (Å²) in [6.07, 6.45) is 8.70. The lowest BCUT2D eigenvalue weighted by Crippen LogP contribution is -2.43. The predicted octanol–water partition coefficient (Wildman–Crippen LogP) is 3.93. The summed E-state index contributed by atoms with van der Waals surface area (Å²) in [5.74, 6) is 0.570. The summed E-state index contributed by atoms with van der Waals surface area (Å²) < 4.78 is 13.2. The Kier molecular flexibility index (Phi) is 5.09. The third-order valence-corrected chi connectivity index (χ3v) is 5.45. The minimum atomic E-state index is -0.151. The zero-order valence-electron chi connectivity index (χ0n) is 14.6. The normalized spacial score (nSPS) is 20.5. The van der Waals surface area contributed by atoms with Crippen molar-refractivity contribution in [3.63, 3.8) is 0 Å². The first kappa shape index (κ1) is 16.7. The van der Waals surface area contributed by atoms with E-state index in [0.717, 1.165) is 25.6 Å². The Morgan fingerprint density at radius 3 is 2.48 bits per heavy atom. The number of pyridine rings is 1. The monoisotopic (exact) mass is 339 g/mol. The van der Waals surface area contributed by atoms with Gasteiger partial charge in [0.15, 0.2) is 0 Å². The summed E-state index contributed by atoms with van der Waals surface area (Å²) in [7, 11) is 0. The molecule has 132 valence electrons. The van der Waals surface area contributed by atoms with E-state index < -0.39 is 0 Å². The van der Waals surface area contributed by atoms with Crippen LogP contribution in [0.4, 0.5) is 4.39 Å². The Bertz CT molecular complexity index is 661. The van der Waals surface area contributed by atoms with E-state index in [0.29, 0.717) is 12.1 Å². The number of aromatic nitrogens is 1. The topological polar surface area (TPSA) is 28.2 Å². The average Bonchev–Trinajstić information content (AvgIpc) is 3.48. The molecule has 1 aliphatic heterocycles. The lowest BCUT2D eigenvalue weighted by atomic mass is 9.97. The van der Waals surface area contributed by atoms with Gasteiger partial charge >= 0.3 is 0 Å². The summed E-state index contributed by atoms with van der Waals surface area (Å²) in [5.41, 5.74) is 2.53. The van der Waals surface area contributed by atoms with Crippen LogP contribution in [0.25, 0.3) is 0 Å². The molecule has 3 nitrogen and oxygen atoms in total. The van der Waals surface area contributed by atoms with Crippen LogP contribution in [0, 0.1) is 11.7 Å². The fourth-order valence-corrected chi connectivity index (χ4v) is 3.87. The predicted molar refractivity (Wildman–Crippen MR) is 97.5 cm³/mol. The van der Waals surface area contributed by atoms with E-state index in [9.17, 15) is 4.39 Å². The van der Waals surface area contributed by atoms with E-state index in [1.165, 1.54) is 36.8 Å². The van der Waals surface area contributed by atoms with Crippen LogP contribution in [0.5, 0.6) is 0 Å². The maximum absolute atomic E-state index is 13.2. The number of rotatable bonds is 6. The van der Waals surface area contributed by atoms with Crippen LogP contribution >= 0.6 is 0 Å². The second kappa shape index (κ2) is 7.63. The zero-order valence-corrected chi connectivity index (χ0v) is 14.6. The number of likely N-dealkylation sites (tertiary alicyclic amines) is 1. The molecule has 0 radical (unpaired) electrons. The van der Waals surface area contributed by atoms with E-state index >= 15 is 0 Å². The summed E-state index contributed by atoms with van der Waals surface area (Å²) in [5, 5.41) is 3.88. The first-order valence-electron chi connectivity index (χ1n) is 9.41. The molecule has 2 aliphatic rings. The Morgan fingerprint density at radius 2 is 1.84 bits per heavy atom. The molecule has 1 aromatic carbocycles. The summed E-state index contributed by atoms with van der Waals surface area (Å²) in [6.45, 7) is 3.23. The first-order valence-corrected chi connectivity index (χ1v) is 9.41. The fraction of sp³-hybridized carbons (Fsp3) is 0.476. The summed E-state index contributed by atoms with van der Waals surface area (Å²) in [4.78, 5) is 6.72. The van der Waals surface area contributed by atoms with Gasteiger partial charge in [-0.15, -0.1) is 0 Å². The van der Waals surface area contributed by atoms with Gasteiger partial charge in [0.1, 0.15) is 5.82 Å². The fourth-order valence-electron chi connectivity index (χ4n) is 3.87. The van der Waals surface area contributed by atoms with Crippen LogP contribution in [-0.2, 0) is 6.54 Å². The maximum Gasteiger partial charge on any atom is 0.123 e. The molecule has 2 fully saturated rings. The van der Waals surface area contributed by atoms with Gasteiger partial charge in [0.25, 0.3) is 0 Å². The molecular formula is C21H26FN3. The minimum absolute atomic E-state index is 0.151. The molecular weight excluding hydrogens is 313 g/mol. The highest BCUT2D eigenvalue weighted by Gasteiger charge is 2.34. The van der Waals surface area contributed by atoms with Crippen LogP contribution in [0.3, 0.4) is 0 Å². The van der Waals surface area contributed by atoms with E-state index in [4.69, 9.17) is 0 Å². The largest absolute Gasteiger partial charge is 0.307 e. The van der Waals surface area contributed by atoms with E-state index in [1.807, 2.05) is 30.6 Å². The third kappa shape index (κ3) is 4.44. The van der Waals surface area contributed by atoms with Gasteiger partial charge in [-0.25, -0.2) is 4.39 Å². The number of hydrogen-bond donors (Lipinski definition) is 1. The van der Waals surface area contributed by atoms with Gasteiger partial charge in [0, 0.05) is 31.0 Å². The maximum atomic E-state index is 13.2. The molecule has 2 heterocycles. The molecule has 2 aromatic rings. The molecule has 1 atom stereocenters. The van der Waals surface area contributed by atoms with Crippen molar-refractivity contribution in [2.24, 2.45) is 5.92 Å². The van der Waals surface area contributed by atoms with Gasteiger partial charge in [0.2, 0.25) is 0 Å². The number of piperidine rings is 1. The third-order valence-electron chi connectivity index (χ3n) is 5.45. The minimum Gasteiger partial charge on any atom is -0.307 e. The van der Waals surface area contributed by atoms with Gasteiger partial charge in [-0.05, 0) is 74.0 Å². The molecule has 4 heteroatoms. The van der Waals surface area contributed by atoms with Crippen LogP contribution < -0.4 is 5.32 Å². The van der Waals surface area contributed by atoms with Crippen molar-refractivity contribution in [2.45, 2.75) is 44.3 Å². The van der Waals surface area contributed by atoms with Crippen LogP contribution in [0.1, 0.15) is 42.9 Å². The average molecular weight is 339 g/mol. The Labute approximate surface area is 149 Å². The lowest BCUT2D eigenvalue weighted by molar-refractivity contribution is 0.181. The number of nitrogens with zero attached hydrogens (tertiary/aromatic N) is 2. The van der Waals surface area contributed by atoms with Crippen molar-refractivity contribution < 1.29 is 4.39 Å². The molecule has 1 saturated heterocycles. The number of benzene rings is 1. The summed E-state index contributed by atoms with van der Waals surface area (Å²) >= 11 is 0. The van der Waals surface area contributed by atoms with Crippen molar-refractivity contribution in [1.82, 2.24) is 15.2 Å². The van der Waals surface area contributed by atoms with Crippen LogP contribution in [0.15, 0.2) is 48.8 Å². The molecule has 4 rings (SSSR count). The standard InChI is InChI=1S/C21H26FN3/c22-19-7-5-18(6-8-19)21(17-3-4-17)24-20-9-12-25(13-10-20)15-16-2-1-11-23-14-16/h1-2,5-8,11,14,17,20-21,24H,3-4,9-10,12-13,15H2. The van der Waals surface area contributed by atoms with Crippen LogP contribution in [-0.4, -0.2) is 29.0 Å². The molecule has 1 aliphatic carbocycles. The van der Waals surface area contributed by atoms with Gasteiger partial charge in [-0.2, -0.15) is 0 Å². The molecule has 1 aromatic heterocycles. The van der Waals surface area contributed by atoms with Crippen molar-refractivity contribution in [1.29, 1.82) is 0 Å². The zero-order chi connectivity index (χ0) is 17.1. The molecule has 0 spiro atoms. The van der Waals surface area contributed by atoms with Gasteiger partial charge < -0.3 is 5.32 Å². The number of halogens is 1. The molecule has 0 bridgehead atoms. The SMILES string of the molecule is Fc1ccc(C(NC2CCN(Cc3cccnc3)CC2)C2CC2)cc1. The Balaban J connectivity index is 1.32. The number of hydrogen-bond acceptors (Lipinski definition) is 3. The molecule has 1 saturated carbocycles. The van der Waals surface area contributed by atoms with Crippen LogP contribution in [0.2, 0.25) is 0 Å². The highest BCUT2D eigenvalue weighted by atomic mass is 19.1. The van der Waals surface area contributed by atoms with Gasteiger partial charge in [-0.3, -0.25) is 9.88 Å². The first-order chi connectivity index (χ1) is 12.3. The highest BCUT2D eigenvalue weighted by Crippen LogP contribution is 2.41. The molecule has 25 heavy (non-hydrogen) atoms. The smallest absolute Gasteiger partial charge is 0.123 e. The van der Waals surface area contributed by atoms with Crippen molar-refractivity contribution in [3.8, 4) is 0 Å². The Morgan fingerprint density at radius 1 is 1.08 bits per heavy atom. The van der Waals surface area contributed by atoms with E-state index in [-0.39, 0.29) is 5.82 Å². The molecule has 1 unspecified atom stereocenters. The van der Waals surface area contributed by atoms with Crippen molar-refractivity contribution >= 4 is 0 Å². The lowest BCUT2D eigenvalue weighted by Gasteiger charge is -2.35. The van der Waals surface area contributed by atoms with Crippen molar-refractivity contribution in [2.75, 3.05) is 13.1 Å².